The van der Waals surface area contributed by atoms with Crippen LogP contribution in [0.4, 0.5) is 20.2 Å². The van der Waals surface area contributed by atoms with E-state index in [2.05, 4.69) is 16.8 Å². The number of para-hydroxylation sites is 1. The van der Waals surface area contributed by atoms with Gasteiger partial charge in [-0.15, -0.1) is 0 Å². The number of halogens is 2. The van der Waals surface area contributed by atoms with Crippen LogP contribution < -0.4 is 14.5 Å². The SMILES string of the molecule is CC1CCN(c2ccc(F)cc2F)CCN1c1ccnc2ccc(Oc3ccccc3)cc12. The van der Waals surface area contributed by atoms with Crippen LogP contribution in [0.5, 0.6) is 11.5 Å². The van der Waals surface area contributed by atoms with Crippen molar-refractivity contribution < 1.29 is 13.5 Å². The van der Waals surface area contributed by atoms with Crippen molar-refractivity contribution in [1.82, 2.24) is 4.98 Å². The second-order valence-electron chi connectivity index (χ2n) is 8.34. The van der Waals surface area contributed by atoms with Gasteiger partial charge in [-0.2, -0.15) is 0 Å². The average Bonchev–Trinajstić information content (AvgIpc) is 3.01. The summed E-state index contributed by atoms with van der Waals surface area (Å²) < 4.78 is 33.8. The first-order chi connectivity index (χ1) is 16.1. The van der Waals surface area contributed by atoms with E-state index in [0.717, 1.165) is 40.6 Å². The molecule has 168 valence electrons. The van der Waals surface area contributed by atoms with E-state index < -0.39 is 11.6 Å². The number of aromatic nitrogens is 1. The van der Waals surface area contributed by atoms with E-state index in [1.165, 1.54) is 12.1 Å². The van der Waals surface area contributed by atoms with Gasteiger partial charge in [0.25, 0.3) is 0 Å². The highest BCUT2D eigenvalue weighted by atomic mass is 19.1. The van der Waals surface area contributed by atoms with Gasteiger partial charge in [-0.1, -0.05) is 18.2 Å². The molecular formula is C27H25F2N3O. The number of ether oxygens (including phenoxy) is 1. The molecule has 0 spiro atoms. The van der Waals surface area contributed by atoms with E-state index in [1.54, 1.807) is 0 Å². The van der Waals surface area contributed by atoms with Crippen LogP contribution in [0.15, 0.2) is 79.0 Å². The zero-order valence-corrected chi connectivity index (χ0v) is 18.4. The average molecular weight is 446 g/mol. The normalized spacial score (nSPS) is 16.6. The van der Waals surface area contributed by atoms with Crippen molar-refractivity contribution in [2.45, 2.75) is 19.4 Å². The first kappa shape index (κ1) is 21.2. The second-order valence-corrected chi connectivity index (χ2v) is 8.34. The van der Waals surface area contributed by atoms with E-state index in [0.29, 0.717) is 25.3 Å². The Bertz CT molecular complexity index is 1260. The standard InChI is InChI=1S/C27H25F2N3O/c1-19-12-14-31(27-10-7-20(28)17-24(27)29)15-16-32(19)26-11-13-30-25-9-8-22(18-23(25)26)33-21-5-3-2-4-6-21/h2-11,13,17-19H,12,14-16H2,1H3. The molecule has 0 saturated carbocycles. The van der Waals surface area contributed by atoms with Gasteiger partial charge in [0.2, 0.25) is 0 Å². The summed E-state index contributed by atoms with van der Waals surface area (Å²) >= 11 is 0. The minimum atomic E-state index is -0.558. The minimum absolute atomic E-state index is 0.239. The molecule has 1 aliphatic rings. The molecule has 1 unspecified atom stereocenters. The van der Waals surface area contributed by atoms with Gasteiger partial charge in [0.05, 0.1) is 11.2 Å². The molecule has 0 amide bonds. The summed E-state index contributed by atoms with van der Waals surface area (Å²) in [5.41, 5.74) is 2.42. The zero-order chi connectivity index (χ0) is 22.8. The van der Waals surface area contributed by atoms with Crippen LogP contribution in [-0.2, 0) is 0 Å². The molecule has 0 aliphatic carbocycles. The van der Waals surface area contributed by atoms with Crippen LogP contribution >= 0.6 is 0 Å². The Balaban J connectivity index is 1.44. The highest BCUT2D eigenvalue weighted by Crippen LogP contribution is 2.33. The van der Waals surface area contributed by atoms with Gasteiger partial charge >= 0.3 is 0 Å². The maximum absolute atomic E-state index is 14.4. The molecule has 0 radical (unpaired) electrons. The predicted molar refractivity (Wildman–Crippen MR) is 128 cm³/mol. The molecule has 5 rings (SSSR count). The first-order valence-corrected chi connectivity index (χ1v) is 11.2. The lowest BCUT2D eigenvalue weighted by Gasteiger charge is -2.30. The summed E-state index contributed by atoms with van der Waals surface area (Å²) in [5, 5.41) is 1.01. The monoisotopic (exact) mass is 445 g/mol. The van der Waals surface area contributed by atoms with E-state index in [-0.39, 0.29) is 6.04 Å². The van der Waals surface area contributed by atoms with Gasteiger partial charge in [-0.3, -0.25) is 4.98 Å². The smallest absolute Gasteiger partial charge is 0.149 e. The molecule has 4 aromatic rings. The maximum Gasteiger partial charge on any atom is 0.149 e. The largest absolute Gasteiger partial charge is 0.457 e. The van der Waals surface area contributed by atoms with Gasteiger partial charge in [-0.25, -0.2) is 8.78 Å². The van der Waals surface area contributed by atoms with Crippen molar-refractivity contribution in [2.75, 3.05) is 29.4 Å². The number of benzene rings is 3. The fourth-order valence-electron chi connectivity index (χ4n) is 4.45. The molecule has 1 saturated heterocycles. The quantitative estimate of drug-likeness (QED) is 0.363. The number of hydrogen-bond donors (Lipinski definition) is 0. The lowest BCUT2D eigenvalue weighted by molar-refractivity contribution is 0.483. The van der Waals surface area contributed by atoms with Crippen molar-refractivity contribution in [3.63, 3.8) is 0 Å². The van der Waals surface area contributed by atoms with Crippen LogP contribution in [-0.4, -0.2) is 30.7 Å². The highest BCUT2D eigenvalue weighted by molar-refractivity contribution is 5.92. The lowest BCUT2D eigenvalue weighted by Crippen LogP contribution is -2.35. The molecule has 6 heteroatoms. The molecular weight excluding hydrogens is 420 g/mol. The van der Waals surface area contributed by atoms with Crippen molar-refractivity contribution in [2.24, 2.45) is 0 Å². The van der Waals surface area contributed by atoms with E-state index >= 15 is 0 Å². The van der Waals surface area contributed by atoms with Crippen LogP contribution in [0.3, 0.4) is 0 Å². The van der Waals surface area contributed by atoms with Crippen LogP contribution in [0.25, 0.3) is 10.9 Å². The van der Waals surface area contributed by atoms with E-state index in [1.807, 2.05) is 65.7 Å². The predicted octanol–water partition coefficient (Wildman–Crippen LogP) is 6.41. The van der Waals surface area contributed by atoms with Crippen LogP contribution in [0, 0.1) is 11.6 Å². The molecule has 1 fully saturated rings. The summed E-state index contributed by atoms with van der Waals surface area (Å²) in [4.78, 5) is 8.88. The third-order valence-corrected chi connectivity index (χ3v) is 6.19. The number of hydrogen-bond acceptors (Lipinski definition) is 4. The minimum Gasteiger partial charge on any atom is -0.457 e. The molecule has 1 aliphatic heterocycles. The Labute approximate surface area is 192 Å². The van der Waals surface area contributed by atoms with Gasteiger partial charge in [0.15, 0.2) is 0 Å². The Morgan fingerprint density at radius 3 is 2.52 bits per heavy atom. The fraction of sp³-hybridized carbons (Fsp3) is 0.222. The summed E-state index contributed by atoms with van der Waals surface area (Å²) in [7, 11) is 0. The Hall–Kier alpha value is -3.67. The second kappa shape index (κ2) is 9.06. The number of fused-ring (bicyclic) bond motifs is 1. The first-order valence-electron chi connectivity index (χ1n) is 11.2. The lowest BCUT2D eigenvalue weighted by atomic mass is 10.1. The molecule has 0 N–H and O–H groups in total. The molecule has 0 bridgehead atoms. The van der Waals surface area contributed by atoms with Gasteiger partial charge in [0, 0.05) is 49.0 Å². The number of rotatable bonds is 4. The number of pyridine rings is 1. The highest BCUT2D eigenvalue weighted by Gasteiger charge is 2.24. The van der Waals surface area contributed by atoms with Gasteiger partial charge in [-0.05, 0) is 61.9 Å². The molecule has 2 heterocycles. The molecule has 1 aromatic heterocycles. The summed E-state index contributed by atoms with van der Waals surface area (Å²) in [6.45, 7) is 4.23. The third-order valence-electron chi connectivity index (χ3n) is 6.19. The fourth-order valence-corrected chi connectivity index (χ4v) is 4.45. The van der Waals surface area contributed by atoms with Crippen LogP contribution in [0.2, 0.25) is 0 Å². The van der Waals surface area contributed by atoms with Crippen LogP contribution in [0.1, 0.15) is 13.3 Å². The molecule has 1 atom stereocenters. The number of anilines is 2. The van der Waals surface area contributed by atoms with E-state index in [9.17, 15) is 8.78 Å². The third kappa shape index (κ3) is 4.46. The summed E-state index contributed by atoms with van der Waals surface area (Å²) in [6.07, 6.45) is 2.67. The van der Waals surface area contributed by atoms with Gasteiger partial charge < -0.3 is 14.5 Å². The molecule has 33 heavy (non-hydrogen) atoms. The van der Waals surface area contributed by atoms with Crippen molar-refractivity contribution >= 4 is 22.3 Å². The summed E-state index contributed by atoms with van der Waals surface area (Å²) in [6, 6.07) is 21.7. The zero-order valence-electron chi connectivity index (χ0n) is 18.4. The molecule has 4 nitrogen and oxygen atoms in total. The Morgan fingerprint density at radius 2 is 1.70 bits per heavy atom. The Kier molecular flexibility index (Phi) is 5.82. The van der Waals surface area contributed by atoms with Crippen molar-refractivity contribution in [3.8, 4) is 11.5 Å². The van der Waals surface area contributed by atoms with E-state index in [4.69, 9.17) is 4.74 Å². The Morgan fingerprint density at radius 1 is 0.848 bits per heavy atom. The summed E-state index contributed by atoms with van der Waals surface area (Å²) in [5.74, 6) is 0.453. The topological polar surface area (TPSA) is 28.6 Å². The van der Waals surface area contributed by atoms with Crippen molar-refractivity contribution in [3.05, 3.63) is 90.6 Å². The van der Waals surface area contributed by atoms with Crippen molar-refractivity contribution in [1.29, 1.82) is 0 Å². The molecule has 3 aromatic carbocycles. The van der Waals surface area contributed by atoms with Gasteiger partial charge in [0.1, 0.15) is 23.1 Å². The maximum atomic E-state index is 14.4. The number of nitrogens with zero attached hydrogens (tertiary/aromatic N) is 3.